The third-order valence-electron chi connectivity index (χ3n) is 3.36. The minimum atomic E-state index is 0.514. The number of benzene rings is 1. The molecule has 4 heteroatoms. The van der Waals surface area contributed by atoms with Crippen molar-refractivity contribution in [1.29, 1.82) is 0 Å². The van der Waals surface area contributed by atoms with Gasteiger partial charge in [0.2, 0.25) is 0 Å². The molecule has 1 aromatic heterocycles. The summed E-state index contributed by atoms with van der Waals surface area (Å²) in [5.74, 6) is 0. The Bertz CT molecular complexity index is 579. The molecule has 0 atom stereocenters. The fourth-order valence-corrected chi connectivity index (χ4v) is 3.15. The number of hydrogen-bond acceptors (Lipinski definition) is 4. The van der Waals surface area contributed by atoms with Crippen molar-refractivity contribution in [3.05, 3.63) is 46.6 Å². The van der Waals surface area contributed by atoms with E-state index in [-0.39, 0.29) is 0 Å². The van der Waals surface area contributed by atoms with Crippen LogP contribution in [0.4, 0.5) is 0 Å². The predicted octanol–water partition coefficient (Wildman–Crippen LogP) is 3.52. The van der Waals surface area contributed by atoms with Crippen molar-refractivity contribution in [3.63, 3.8) is 0 Å². The molecule has 0 aliphatic heterocycles. The van der Waals surface area contributed by atoms with Gasteiger partial charge in [-0.1, -0.05) is 43.3 Å². The van der Waals surface area contributed by atoms with Crippen molar-refractivity contribution in [2.75, 3.05) is 0 Å². The molecule has 2 N–H and O–H groups in total. The molecule has 0 fully saturated rings. The zero-order chi connectivity index (χ0) is 14.5. The Balaban J connectivity index is 2.38. The monoisotopic (exact) mass is 287 g/mol. The molecule has 0 amide bonds. The van der Waals surface area contributed by atoms with Crippen molar-refractivity contribution < 1.29 is 0 Å². The fraction of sp³-hybridized carbons (Fsp3) is 0.375. The van der Waals surface area contributed by atoms with Gasteiger partial charge in [-0.25, -0.2) is 0 Å². The molecule has 0 unspecified atom stereocenters. The average Bonchev–Trinajstić information content (AvgIpc) is 2.48. The maximum Gasteiger partial charge on any atom is 0.128 e. The first-order chi connectivity index (χ1) is 9.69. The van der Waals surface area contributed by atoms with Crippen LogP contribution < -0.4 is 5.73 Å². The van der Waals surface area contributed by atoms with Gasteiger partial charge in [-0.05, 0) is 37.5 Å². The van der Waals surface area contributed by atoms with Crippen LogP contribution in [-0.4, -0.2) is 10.2 Å². The molecular weight excluding hydrogens is 266 g/mol. The first kappa shape index (κ1) is 15.0. The standard InChI is InChI=1S/C16H21N3S/c1-4-13-14(10-17)16(19-18-15(13)5-2)20-12-8-6-11(3)7-9-12/h6-9H,4-5,10,17H2,1-3H3. The van der Waals surface area contributed by atoms with Crippen LogP contribution in [0.1, 0.15) is 36.2 Å². The van der Waals surface area contributed by atoms with Crippen LogP contribution in [0.15, 0.2) is 34.2 Å². The van der Waals surface area contributed by atoms with E-state index in [1.807, 2.05) is 0 Å². The molecule has 0 aliphatic rings. The quantitative estimate of drug-likeness (QED) is 0.914. The van der Waals surface area contributed by atoms with Crippen LogP contribution in [0.2, 0.25) is 0 Å². The van der Waals surface area contributed by atoms with Gasteiger partial charge in [-0.15, -0.1) is 5.10 Å². The van der Waals surface area contributed by atoms with E-state index >= 15 is 0 Å². The van der Waals surface area contributed by atoms with Gasteiger partial charge in [0.1, 0.15) is 5.03 Å². The van der Waals surface area contributed by atoms with Gasteiger partial charge in [-0.2, -0.15) is 5.10 Å². The van der Waals surface area contributed by atoms with Gasteiger partial charge in [0.15, 0.2) is 0 Å². The number of nitrogens with two attached hydrogens (primary N) is 1. The molecular formula is C16H21N3S. The van der Waals surface area contributed by atoms with E-state index in [0.29, 0.717) is 6.54 Å². The number of nitrogens with zero attached hydrogens (tertiary/aromatic N) is 2. The second-order valence-corrected chi connectivity index (χ2v) is 5.80. The molecule has 0 radical (unpaired) electrons. The maximum atomic E-state index is 5.95. The molecule has 0 spiro atoms. The van der Waals surface area contributed by atoms with Crippen molar-refractivity contribution in [1.82, 2.24) is 10.2 Å². The lowest BCUT2D eigenvalue weighted by atomic mass is 10.0. The highest BCUT2D eigenvalue weighted by Gasteiger charge is 2.14. The largest absolute Gasteiger partial charge is 0.326 e. The summed E-state index contributed by atoms with van der Waals surface area (Å²) in [6, 6.07) is 8.45. The molecule has 0 saturated heterocycles. The first-order valence-electron chi connectivity index (χ1n) is 7.01. The van der Waals surface area contributed by atoms with Crippen LogP contribution in [0.3, 0.4) is 0 Å². The van der Waals surface area contributed by atoms with Crippen LogP contribution >= 0.6 is 11.8 Å². The summed E-state index contributed by atoms with van der Waals surface area (Å²) >= 11 is 1.64. The zero-order valence-corrected chi connectivity index (χ0v) is 13.1. The van der Waals surface area contributed by atoms with Gasteiger partial charge in [0, 0.05) is 17.0 Å². The van der Waals surface area contributed by atoms with Crippen LogP contribution in [-0.2, 0) is 19.4 Å². The summed E-state index contributed by atoms with van der Waals surface area (Å²) in [6.45, 7) is 6.86. The number of rotatable bonds is 5. The lowest BCUT2D eigenvalue weighted by molar-refractivity contribution is 0.782. The summed E-state index contributed by atoms with van der Waals surface area (Å²) in [5, 5.41) is 9.68. The smallest absolute Gasteiger partial charge is 0.128 e. The number of hydrogen-bond donors (Lipinski definition) is 1. The minimum absolute atomic E-state index is 0.514. The maximum absolute atomic E-state index is 5.95. The normalized spacial score (nSPS) is 10.8. The molecule has 2 rings (SSSR count). The third kappa shape index (κ3) is 3.19. The molecule has 1 aromatic carbocycles. The Morgan fingerprint density at radius 1 is 1.00 bits per heavy atom. The summed E-state index contributed by atoms with van der Waals surface area (Å²) in [7, 11) is 0. The Morgan fingerprint density at radius 2 is 1.70 bits per heavy atom. The number of aryl methyl sites for hydroxylation is 2. The highest BCUT2D eigenvalue weighted by atomic mass is 32.2. The van der Waals surface area contributed by atoms with Gasteiger partial charge < -0.3 is 5.73 Å². The van der Waals surface area contributed by atoms with Gasteiger partial charge in [0.05, 0.1) is 5.69 Å². The van der Waals surface area contributed by atoms with E-state index in [2.05, 4.69) is 55.2 Å². The Morgan fingerprint density at radius 3 is 2.25 bits per heavy atom. The molecule has 2 aromatic rings. The van der Waals surface area contributed by atoms with Crippen molar-refractivity contribution in [2.24, 2.45) is 5.73 Å². The van der Waals surface area contributed by atoms with Crippen LogP contribution in [0.5, 0.6) is 0 Å². The number of aromatic nitrogens is 2. The molecule has 0 aliphatic carbocycles. The van der Waals surface area contributed by atoms with E-state index < -0.39 is 0 Å². The topological polar surface area (TPSA) is 51.8 Å². The van der Waals surface area contributed by atoms with Gasteiger partial charge >= 0.3 is 0 Å². The third-order valence-corrected chi connectivity index (χ3v) is 4.39. The minimum Gasteiger partial charge on any atom is -0.326 e. The fourth-order valence-electron chi connectivity index (χ4n) is 2.24. The van der Waals surface area contributed by atoms with Crippen molar-refractivity contribution >= 4 is 11.8 Å². The summed E-state index contributed by atoms with van der Waals surface area (Å²) in [6.07, 6.45) is 1.85. The zero-order valence-electron chi connectivity index (χ0n) is 12.3. The SMILES string of the molecule is CCc1nnc(Sc2ccc(C)cc2)c(CN)c1CC. The molecule has 1 heterocycles. The highest BCUT2D eigenvalue weighted by molar-refractivity contribution is 7.99. The lowest BCUT2D eigenvalue weighted by Crippen LogP contribution is -2.10. The van der Waals surface area contributed by atoms with Gasteiger partial charge in [0.25, 0.3) is 0 Å². The van der Waals surface area contributed by atoms with Gasteiger partial charge in [-0.3, -0.25) is 0 Å². The summed E-state index contributed by atoms with van der Waals surface area (Å²) < 4.78 is 0. The van der Waals surface area contributed by atoms with E-state index in [4.69, 9.17) is 5.73 Å². The second kappa shape index (κ2) is 6.86. The van der Waals surface area contributed by atoms with Crippen LogP contribution in [0.25, 0.3) is 0 Å². The van der Waals surface area contributed by atoms with E-state index in [1.54, 1.807) is 11.8 Å². The Hall–Kier alpha value is -1.39. The lowest BCUT2D eigenvalue weighted by Gasteiger charge is -2.13. The molecule has 0 bridgehead atoms. The predicted molar refractivity (Wildman–Crippen MR) is 84.0 cm³/mol. The molecule has 20 heavy (non-hydrogen) atoms. The Labute approximate surface area is 125 Å². The van der Waals surface area contributed by atoms with E-state index in [1.165, 1.54) is 16.0 Å². The second-order valence-electron chi connectivity index (χ2n) is 4.74. The highest BCUT2D eigenvalue weighted by Crippen LogP contribution is 2.31. The first-order valence-corrected chi connectivity index (χ1v) is 7.83. The summed E-state index contributed by atoms with van der Waals surface area (Å²) in [5.41, 5.74) is 10.7. The molecule has 3 nitrogen and oxygen atoms in total. The van der Waals surface area contributed by atoms with E-state index in [0.717, 1.165) is 29.1 Å². The molecule has 0 saturated carbocycles. The van der Waals surface area contributed by atoms with Crippen molar-refractivity contribution in [3.8, 4) is 0 Å². The summed E-state index contributed by atoms with van der Waals surface area (Å²) in [4.78, 5) is 1.17. The van der Waals surface area contributed by atoms with E-state index in [9.17, 15) is 0 Å². The van der Waals surface area contributed by atoms with Crippen LogP contribution in [0, 0.1) is 6.92 Å². The molecule has 106 valence electrons. The Kier molecular flexibility index (Phi) is 5.15. The average molecular weight is 287 g/mol. The van der Waals surface area contributed by atoms with Crippen molar-refractivity contribution in [2.45, 2.75) is 50.1 Å².